The maximum atomic E-state index is 16.4. The molecule has 7 heterocycles. The van der Waals surface area contributed by atoms with Crippen molar-refractivity contribution in [1.29, 1.82) is 0 Å². The predicted octanol–water partition coefficient (Wildman–Crippen LogP) is 1.96. The summed E-state index contributed by atoms with van der Waals surface area (Å²) in [5.74, 6) is -20.2. The van der Waals surface area contributed by atoms with E-state index in [0.29, 0.717) is 0 Å². The highest BCUT2D eigenvalue weighted by Gasteiger charge is 2.82. The van der Waals surface area contributed by atoms with Gasteiger partial charge in [-0.1, -0.05) is 33.6 Å². The van der Waals surface area contributed by atoms with E-state index >= 15 is 19.2 Å². The number of carbonyl (C=O) groups is 6. The first-order chi connectivity index (χ1) is 58.0. The van der Waals surface area contributed by atoms with Gasteiger partial charge >= 0.3 is 0 Å². The van der Waals surface area contributed by atoms with Gasteiger partial charge < -0.3 is 157 Å². The second-order valence-electron chi connectivity index (χ2n) is 35.3. The minimum atomic E-state index is -3.33. The smallest absolute Gasteiger partial charge is 0.232 e. The molecule has 0 radical (unpaired) electrons. The van der Waals surface area contributed by atoms with Crippen molar-refractivity contribution in [2.75, 3.05) is 27.9 Å². The topological polar surface area (TPSA) is 574 Å². The number of hydrogen-bond donors (Lipinski definition) is 16. The van der Waals surface area contributed by atoms with Crippen molar-refractivity contribution in [3.8, 4) is 40.2 Å². The summed E-state index contributed by atoms with van der Waals surface area (Å²) < 4.78 is 100. The average Bonchev–Trinajstić information content (AvgIpc) is 1.53. The van der Waals surface area contributed by atoms with Gasteiger partial charge in [-0.25, -0.2) is 0 Å². The van der Waals surface area contributed by atoms with Gasteiger partial charge in [0.15, 0.2) is 77.8 Å². The third kappa shape index (κ3) is 13.7. The number of ketones is 6. The molecule has 38 heteroatoms. The predicted molar refractivity (Wildman–Crippen MR) is 414 cm³/mol. The Labute approximate surface area is 705 Å². The SMILES string of the molecule is CCCC1(O)C(OC2CCC(OC3CC(C)C(O)(C(C)=O)CO3)C(C)O2)C(O)C(OC2CC(O)C(O)C(C)O2)C2Cc3c(c(O)c4c(O)c(C5=C(OC)C(=O)c6c(O)c7c(c(O)c6C5=O)C(=O)C5(O)C6C7OC5(CCC)C(OC5CCC(OC7CCC(O)(C(C)=O)C(C)O7)C(C)O5)C(O)C6OC5CC(O)C(O)C(C)O5)c(OC)c(OC)c4c3O)C(=O)C21O. The summed E-state index contributed by atoms with van der Waals surface area (Å²) in [7, 11) is 2.88. The van der Waals surface area contributed by atoms with Gasteiger partial charge in [0.2, 0.25) is 23.1 Å². The molecule has 15 rings (SSSR count). The quantitative estimate of drug-likeness (QED) is 0.0639. The number of aromatic hydroxyl groups is 5. The van der Waals surface area contributed by atoms with Crippen LogP contribution in [0, 0.1) is 17.8 Å². The maximum absolute atomic E-state index is 16.4. The Balaban J connectivity index is 0.806. The summed E-state index contributed by atoms with van der Waals surface area (Å²) in [4.78, 5) is 89.6. The molecule has 3 aromatic carbocycles. The van der Waals surface area contributed by atoms with Crippen LogP contribution in [0.15, 0.2) is 5.76 Å². The van der Waals surface area contributed by atoms with Crippen LogP contribution in [0.5, 0.6) is 40.2 Å². The number of benzene rings is 3. The van der Waals surface area contributed by atoms with Crippen LogP contribution >= 0.6 is 0 Å². The summed E-state index contributed by atoms with van der Waals surface area (Å²) in [6, 6.07) is 0. The molecule has 680 valence electrons. The van der Waals surface area contributed by atoms with Gasteiger partial charge in [0, 0.05) is 55.6 Å². The molecule has 123 heavy (non-hydrogen) atoms. The normalized spacial score (nSPS) is 42.9. The number of aliphatic hydroxyl groups is 11. The van der Waals surface area contributed by atoms with Gasteiger partial charge in [-0.2, -0.15) is 0 Å². The number of aliphatic hydroxyl groups excluding tert-OH is 6. The van der Waals surface area contributed by atoms with E-state index in [1.807, 2.05) is 0 Å². The molecule has 0 spiro atoms. The van der Waals surface area contributed by atoms with Crippen LogP contribution in [-0.4, -0.2) is 319 Å². The second kappa shape index (κ2) is 33.0. The fourth-order valence-corrected chi connectivity index (χ4v) is 21.7. The lowest BCUT2D eigenvalue weighted by Gasteiger charge is -2.60. The number of phenolic OH excluding ortho intramolecular Hbond substituents is 5. The highest BCUT2D eigenvalue weighted by Crippen LogP contribution is 2.69. The molecule has 38 nitrogen and oxygen atoms in total. The molecule has 0 aromatic heterocycles. The second-order valence-corrected chi connectivity index (χ2v) is 35.3. The van der Waals surface area contributed by atoms with E-state index < -0.39 is 361 Å². The summed E-state index contributed by atoms with van der Waals surface area (Å²) in [6.45, 7) is 14.7. The molecule has 7 aliphatic heterocycles. The molecule has 33 atom stereocenters. The number of hydrogen-bond acceptors (Lipinski definition) is 38. The minimum Gasteiger partial charge on any atom is -0.507 e. The molecule has 0 amide bonds. The van der Waals surface area contributed by atoms with Crippen molar-refractivity contribution >= 4 is 51.0 Å². The van der Waals surface area contributed by atoms with Crippen LogP contribution in [0.2, 0.25) is 0 Å². The third-order valence-electron chi connectivity index (χ3n) is 28.4. The standard InChI is InChI=1S/C85H112O38/c1-14-21-82(105)78(121-43-18-17-42(31(5)112-43)118-46-24-29(3)81(104,28-111-46)35(9)87)68(99)70(119-47-26-39(88)59(90)32(6)114-47)38-25-37-49(76(101)84(38,82)106)62(93)52-53(61(37)92)73(109-12)74(110-13)55(65(52)96)54-63(94)50-51(67(98)72(54)108-11)64(95)56-57(66(50)97)77(102)85(107)58-71(56)123-83(85,22-15-2)79(69(100)75(58)120-48-27-40(89)60(91)33(7)115-48)122-44-19-16-41(30(4)113-44)117-45-20-23-80(103,34(8)86)36(10)116-45/h29-33,36,38-48,58-60,68-71,75,78-79,88-93,95-97,99-100,103-107H,14-28H2,1-13H3. The number of Topliss-reactive ketones (excluding diaryl/α,β-unsaturated/α-hetero) is 6. The van der Waals surface area contributed by atoms with Crippen molar-refractivity contribution < 1.29 is 186 Å². The van der Waals surface area contributed by atoms with E-state index in [9.17, 15) is 91.3 Å². The van der Waals surface area contributed by atoms with E-state index in [0.717, 1.165) is 21.3 Å². The molecule has 12 aliphatic rings. The fraction of sp³-hybridized carbons (Fsp3) is 0.718. The van der Waals surface area contributed by atoms with E-state index in [1.54, 1.807) is 41.5 Å². The van der Waals surface area contributed by atoms with Crippen LogP contribution < -0.4 is 9.47 Å². The zero-order chi connectivity index (χ0) is 89.4. The van der Waals surface area contributed by atoms with Gasteiger partial charge in [0.25, 0.3) is 0 Å². The summed E-state index contributed by atoms with van der Waals surface area (Å²) in [5.41, 5.74) is -22.9. The summed E-state index contributed by atoms with van der Waals surface area (Å²) in [6.07, 6.45) is -35.5. The van der Waals surface area contributed by atoms with E-state index in [2.05, 4.69) is 0 Å². The average molecular weight is 1740 g/mol. The van der Waals surface area contributed by atoms with Crippen LogP contribution in [0.3, 0.4) is 0 Å². The zero-order valence-corrected chi connectivity index (χ0v) is 70.3. The van der Waals surface area contributed by atoms with E-state index in [4.69, 9.17) is 75.8 Å². The largest absolute Gasteiger partial charge is 0.507 e. The number of ether oxygens (including phenoxy) is 16. The van der Waals surface area contributed by atoms with Gasteiger partial charge in [0.05, 0.1) is 151 Å². The lowest BCUT2D eigenvalue weighted by molar-refractivity contribution is -0.358. The summed E-state index contributed by atoms with van der Waals surface area (Å²) >= 11 is 0. The Morgan fingerprint density at radius 2 is 1.00 bits per heavy atom. The Morgan fingerprint density at radius 1 is 0.480 bits per heavy atom. The van der Waals surface area contributed by atoms with Crippen molar-refractivity contribution in [2.45, 2.75) is 340 Å². The van der Waals surface area contributed by atoms with Gasteiger partial charge in [-0.05, 0) is 92.9 Å². The first kappa shape index (κ1) is 90.9. The monoisotopic (exact) mass is 1740 g/mol. The summed E-state index contributed by atoms with van der Waals surface area (Å²) in [5, 5.41) is 197. The van der Waals surface area contributed by atoms with Crippen LogP contribution in [0.1, 0.15) is 217 Å². The lowest BCUT2D eigenvalue weighted by Crippen LogP contribution is -2.80. The molecule has 4 bridgehead atoms. The van der Waals surface area contributed by atoms with E-state index in [1.165, 1.54) is 27.7 Å². The minimum absolute atomic E-state index is 0.00265. The van der Waals surface area contributed by atoms with Crippen LogP contribution in [0.25, 0.3) is 16.3 Å². The molecule has 5 aliphatic carbocycles. The van der Waals surface area contributed by atoms with E-state index in [-0.39, 0.29) is 70.8 Å². The molecule has 9 fully saturated rings. The highest BCUT2D eigenvalue weighted by molar-refractivity contribution is 6.43. The molecule has 16 N–H and O–H groups in total. The molecular formula is C85H112O38. The Bertz CT molecular complexity index is 4700. The van der Waals surface area contributed by atoms with Gasteiger partial charge in [-0.3, -0.25) is 28.8 Å². The fourth-order valence-electron chi connectivity index (χ4n) is 21.7. The molecular weight excluding hydrogens is 1630 g/mol. The Kier molecular flexibility index (Phi) is 24.4. The van der Waals surface area contributed by atoms with Gasteiger partial charge in [-0.15, -0.1) is 0 Å². The highest BCUT2D eigenvalue weighted by atomic mass is 16.8. The number of phenols is 5. The lowest BCUT2D eigenvalue weighted by atomic mass is 9.53. The molecule has 33 unspecified atom stereocenters. The first-order valence-electron chi connectivity index (χ1n) is 42.1. The Hall–Kier alpha value is -6.88. The maximum Gasteiger partial charge on any atom is 0.232 e. The number of rotatable bonds is 22. The number of carbonyl (C=O) groups excluding carboxylic acids is 6. The molecule has 3 aromatic rings. The number of fused-ring (bicyclic) bond motifs is 6. The van der Waals surface area contributed by atoms with Crippen LogP contribution in [-0.2, 0) is 82.3 Å². The van der Waals surface area contributed by atoms with Crippen molar-refractivity contribution in [3.05, 3.63) is 44.7 Å². The Morgan fingerprint density at radius 3 is 1.53 bits per heavy atom. The molecule has 7 saturated heterocycles. The number of allylic oxidation sites excluding steroid dienone is 2. The van der Waals surface area contributed by atoms with Crippen molar-refractivity contribution in [2.24, 2.45) is 17.8 Å². The van der Waals surface area contributed by atoms with Crippen LogP contribution in [0.4, 0.5) is 0 Å². The van der Waals surface area contributed by atoms with Gasteiger partial charge in [0.1, 0.15) is 87.8 Å². The zero-order valence-electron chi connectivity index (χ0n) is 70.3. The third-order valence-corrected chi connectivity index (χ3v) is 28.4. The first-order valence-corrected chi connectivity index (χ1v) is 42.1. The molecule has 2 saturated carbocycles. The van der Waals surface area contributed by atoms with Crippen molar-refractivity contribution in [3.63, 3.8) is 0 Å². The number of methoxy groups -OCH3 is 3. The van der Waals surface area contributed by atoms with Crippen molar-refractivity contribution in [1.82, 2.24) is 0 Å².